The average molecular weight is 290 g/mol. The van der Waals surface area contributed by atoms with Crippen molar-refractivity contribution in [3.05, 3.63) is 0 Å². The number of carbonyl (C=O) groups excluding carboxylic acids is 3. The zero-order chi connectivity index (χ0) is 15.4. The quantitative estimate of drug-likeness (QED) is 0.497. The van der Waals surface area contributed by atoms with Crippen LogP contribution in [0.1, 0.15) is 27.2 Å². The van der Waals surface area contributed by atoms with Crippen molar-refractivity contribution >= 4 is 17.9 Å². The number of hydrogen-bond donors (Lipinski definition) is 2. The van der Waals surface area contributed by atoms with Crippen molar-refractivity contribution < 1.29 is 38.8 Å². The number of ether oxygens (including phenoxy) is 3. The zero-order valence-corrected chi connectivity index (χ0v) is 11.4. The van der Waals surface area contributed by atoms with Crippen molar-refractivity contribution in [2.24, 2.45) is 0 Å². The lowest BCUT2D eigenvalue weighted by Gasteiger charge is -2.40. The van der Waals surface area contributed by atoms with E-state index >= 15 is 0 Å². The molecule has 0 aromatic carbocycles. The molecule has 2 N–H and O–H groups in total. The van der Waals surface area contributed by atoms with Crippen LogP contribution in [-0.4, -0.2) is 58.6 Å². The molecule has 0 bridgehead atoms. The van der Waals surface area contributed by atoms with Gasteiger partial charge in [-0.05, 0) is 0 Å². The summed E-state index contributed by atoms with van der Waals surface area (Å²) in [6.45, 7) is 3.43. The first-order valence-corrected chi connectivity index (χ1v) is 6.10. The Bertz CT molecular complexity index is 393. The summed E-state index contributed by atoms with van der Waals surface area (Å²) in [5.41, 5.74) is 0. The fraction of sp³-hybridized carbons (Fsp3) is 0.750. The highest BCUT2D eigenvalue weighted by molar-refractivity contribution is 5.68. The largest absolute Gasteiger partial charge is 0.460 e. The fourth-order valence-electron chi connectivity index (χ4n) is 2.13. The first-order chi connectivity index (χ1) is 9.22. The Balaban J connectivity index is 2.90. The molecule has 0 heterocycles. The topological polar surface area (TPSA) is 119 Å². The molecule has 0 saturated heterocycles. The predicted octanol–water partition coefficient (Wildman–Crippen LogP) is -1.09. The summed E-state index contributed by atoms with van der Waals surface area (Å²) in [6, 6.07) is 0. The molecule has 1 aliphatic carbocycles. The van der Waals surface area contributed by atoms with E-state index in [1.54, 1.807) is 0 Å². The van der Waals surface area contributed by atoms with Gasteiger partial charge in [0.2, 0.25) is 0 Å². The molecule has 0 aliphatic heterocycles. The summed E-state index contributed by atoms with van der Waals surface area (Å²) in [6.07, 6.45) is -6.29. The molecule has 0 aromatic rings. The van der Waals surface area contributed by atoms with Crippen molar-refractivity contribution in [2.75, 3.05) is 0 Å². The molecule has 1 saturated carbocycles. The average Bonchev–Trinajstić information content (AvgIpc) is 2.29. The van der Waals surface area contributed by atoms with E-state index in [0.717, 1.165) is 20.8 Å². The number of aliphatic hydroxyl groups is 2. The zero-order valence-electron chi connectivity index (χ0n) is 11.4. The van der Waals surface area contributed by atoms with Gasteiger partial charge in [-0.2, -0.15) is 0 Å². The molecule has 1 rings (SSSR count). The van der Waals surface area contributed by atoms with Crippen molar-refractivity contribution in [2.45, 2.75) is 57.7 Å². The van der Waals surface area contributed by atoms with E-state index in [-0.39, 0.29) is 6.42 Å². The molecule has 8 heteroatoms. The highest BCUT2D eigenvalue weighted by Crippen LogP contribution is 2.28. The monoisotopic (exact) mass is 290 g/mol. The fourth-order valence-corrected chi connectivity index (χ4v) is 2.13. The maximum absolute atomic E-state index is 11.0. The standard InChI is InChI=1S/C12H18O8/c1-5(13)18-8-4-9(19-6(2)14)12(20-7(3)15)11(17)10(8)16/h8-12,16-17H,4H2,1-3H3/t8-,9+,10+,11+,12+/m1/s1. The molecular formula is C12H18O8. The minimum atomic E-state index is -1.53. The minimum absolute atomic E-state index is 0.0741. The highest BCUT2D eigenvalue weighted by atomic mass is 16.6. The smallest absolute Gasteiger partial charge is 0.303 e. The van der Waals surface area contributed by atoms with Gasteiger partial charge in [-0.15, -0.1) is 0 Å². The summed E-state index contributed by atoms with van der Waals surface area (Å²) < 4.78 is 14.7. The molecule has 1 fully saturated rings. The normalized spacial score (nSPS) is 33.1. The summed E-state index contributed by atoms with van der Waals surface area (Å²) in [4.78, 5) is 33.0. The van der Waals surface area contributed by atoms with Gasteiger partial charge in [-0.1, -0.05) is 0 Å². The van der Waals surface area contributed by atoms with Crippen LogP contribution in [0.15, 0.2) is 0 Å². The maximum atomic E-state index is 11.0. The van der Waals surface area contributed by atoms with E-state index in [1.165, 1.54) is 0 Å². The molecule has 8 nitrogen and oxygen atoms in total. The van der Waals surface area contributed by atoms with Crippen molar-refractivity contribution in [1.29, 1.82) is 0 Å². The maximum Gasteiger partial charge on any atom is 0.303 e. The molecule has 5 atom stereocenters. The predicted molar refractivity (Wildman–Crippen MR) is 63.3 cm³/mol. The minimum Gasteiger partial charge on any atom is -0.460 e. The first-order valence-electron chi connectivity index (χ1n) is 6.10. The molecular weight excluding hydrogens is 272 g/mol. The van der Waals surface area contributed by atoms with Crippen LogP contribution in [0.4, 0.5) is 0 Å². The summed E-state index contributed by atoms with van der Waals surface area (Å²) in [5, 5.41) is 19.8. The Morgan fingerprint density at radius 3 is 1.70 bits per heavy atom. The third-order valence-corrected chi connectivity index (χ3v) is 2.84. The Kier molecular flexibility index (Phi) is 5.46. The van der Waals surface area contributed by atoms with Crippen LogP contribution in [0.2, 0.25) is 0 Å². The van der Waals surface area contributed by atoms with Crippen LogP contribution >= 0.6 is 0 Å². The van der Waals surface area contributed by atoms with E-state index in [9.17, 15) is 24.6 Å². The van der Waals surface area contributed by atoms with Gasteiger partial charge in [0.25, 0.3) is 0 Å². The number of hydrogen-bond acceptors (Lipinski definition) is 8. The molecule has 0 radical (unpaired) electrons. The van der Waals surface area contributed by atoms with E-state index in [0.29, 0.717) is 0 Å². The Morgan fingerprint density at radius 1 is 0.800 bits per heavy atom. The molecule has 0 spiro atoms. The van der Waals surface area contributed by atoms with Gasteiger partial charge in [0.15, 0.2) is 6.10 Å². The van der Waals surface area contributed by atoms with Crippen LogP contribution in [0.5, 0.6) is 0 Å². The summed E-state index contributed by atoms with van der Waals surface area (Å²) >= 11 is 0. The second-order valence-electron chi connectivity index (χ2n) is 4.59. The van der Waals surface area contributed by atoms with Gasteiger partial charge in [0, 0.05) is 27.2 Å². The van der Waals surface area contributed by atoms with E-state index in [1.807, 2.05) is 0 Å². The first kappa shape index (κ1) is 16.4. The lowest BCUT2D eigenvalue weighted by Crippen LogP contribution is -2.59. The number of aliphatic hydroxyl groups excluding tert-OH is 2. The Labute approximate surface area is 115 Å². The number of carbonyl (C=O) groups is 3. The van der Waals surface area contributed by atoms with Crippen molar-refractivity contribution in [1.82, 2.24) is 0 Å². The van der Waals surface area contributed by atoms with E-state index in [2.05, 4.69) is 0 Å². The van der Waals surface area contributed by atoms with Gasteiger partial charge in [0.1, 0.15) is 24.4 Å². The summed E-state index contributed by atoms with van der Waals surface area (Å²) in [7, 11) is 0. The Hall–Kier alpha value is -1.67. The summed E-state index contributed by atoms with van der Waals surface area (Å²) in [5.74, 6) is -1.98. The van der Waals surface area contributed by atoms with Gasteiger partial charge in [-0.3, -0.25) is 14.4 Å². The van der Waals surface area contributed by atoms with E-state index < -0.39 is 48.4 Å². The number of esters is 3. The van der Waals surface area contributed by atoms with Crippen LogP contribution in [0.25, 0.3) is 0 Å². The van der Waals surface area contributed by atoms with Gasteiger partial charge >= 0.3 is 17.9 Å². The molecule has 0 unspecified atom stereocenters. The van der Waals surface area contributed by atoms with Crippen LogP contribution in [-0.2, 0) is 28.6 Å². The van der Waals surface area contributed by atoms with Gasteiger partial charge < -0.3 is 24.4 Å². The third kappa shape index (κ3) is 4.17. The second kappa shape index (κ2) is 6.67. The van der Waals surface area contributed by atoms with Crippen molar-refractivity contribution in [3.63, 3.8) is 0 Å². The van der Waals surface area contributed by atoms with Crippen LogP contribution in [0, 0.1) is 0 Å². The molecule has 1 aliphatic rings. The van der Waals surface area contributed by atoms with E-state index in [4.69, 9.17) is 14.2 Å². The SMILES string of the molecule is CC(=O)O[C@@H]1[C@@H](O)[C@@H](O)[C@H](OC(C)=O)C[C@@H]1OC(C)=O. The van der Waals surface area contributed by atoms with Gasteiger partial charge in [-0.25, -0.2) is 0 Å². The Morgan fingerprint density at radius 2 is 1.25 bits per heavy atom. The van der Waals surface area contributed by atoms with Crippen LogP contribution in [0.3, 0.4) is 0 Å². The molecule has 114 valence electrons. The molecule has 20 heavy (non-hydrogen) atoms. The lowest BCUT2D eigenvalue weighted by atomic mass is 9.87. The second-order valence-corrected chi connectivity index (χ2v) is 4.59. The highest BCUT2D eigenvalue weighted by Gasteiger charge is 2.48. The lowest BCUT2D eigenvalue weighted by molar-refractivity contribution is -0.215. The number of rotatable bonds is 3. The van der Waals surface area contributed by atoms with Crippen molar-refractivity contribution in [3.8, 4) is 0 Å². The third-order valence-electron chi connectivity index (χ3n) is 2.84. The molecule has 0 aromatic heterocycles. The van der Waals surface area contributed by atoms with Crippen LogP contribution < -0.4 is 0 Å². The van der Waals surface area contributed by atoms with Gasteiger partial charge in [0.05, 0.1) is 0 Å². The molecule has 0 amide bonds.